The fraction of sp³-hybridized carbons (Fsp3) is 0.800. The van der Waals surface area contributed by atoms with Crippen LogP contribution in [0.5, 0.6) is 0 Å². The Kier molecular flexibility index (Phi) is 3.87. The predicted molar refractivity (Wildman–Crippen MR) is 74.5 cm³/mol. The summed E-state index contributed by atoms with van der Waals surface area (Å²) in [6.07, 6.45) is 6.58. The molecule has 0 radical (unpaired) electrons. The van der Waals surface area contributed by atoms with Crippen molar-refractivity contribution in [1.82, 2.24) is 15.0 Å². The summed E-state index contributed by atoms with van der Waals surface area (Å²) in [7, 11) is 2.23. The second kappa shape index (κ2) is 5.64. The summed E-state index contributed by atoms with van der Waals surface area (Å²) in [5, 5.41) is 4.12. The summed E-state index contributed by atoms with van der Waals surface area (Å²) in [6, 6.07) is 1.34. The number of hydrogen-bond donors (Lipinski definition) is 0. The maximum atomic E-state index is 11.6. The Labute approximate surface area is 119 Å². The van der Waals surface area contributed by atoms with Crippen LogP contribution in [0.4, 0.5) is 0 Å². The summed E-state index contributed by atoms with van der Waals surface area (Å²) < 4.78 is 5.26. The molecule has 3 rings (SSSR count). The summed E-state index contributed by atoms with van der Waals surface area (Å²) in [6.45, 7) is 2.01. The quantitative estimate of drug-likeness (QED) is 0.826. The maximum Gasteiger partial charge on any atom is 0.234 e. The molecule has 1 aromatic heterocycles. The number of Topliss-reactive ketones (excluding diaryl/α,β-unsaturated/α-hetero) is 1. The smallest absolute Gasteiger partial charge is 0.234 e. The second-order valence-electron chi connectivity index (χ2n) is 6.23. The predicted octanol–water partition coefficient (Wildman–Crippen LogP) is 2.32. The molecule has 1 aromatic rings. The number of rotatable bonds is 5. The molecule has 20 heavy (non-hydrogen) atoms. The van der Waals surface area contributed by atoms with E-state index in [2.05, 4.69) is 22.1 Å². The van der Waals surface area contributed by atoms with Gasteiger partial charge in [-0.25, -0.2) is 0 Å². The van der Waals surface area contributed by atoms with Crippen molar-refractivity contribution in [3.8, 4) is 0 Å². The van der Waals surface area contributed by atoms with Gasteiger partial charge in [0.05, 0.1) is 6.42 Å². The Morgan fingerprint density at radius 3 is 2.70 bits per heavy atom. The van der Waals surface area contributed by atoms with E-state index in [0.717, 1.165) is 25.1 Å². The van der Waals surface area contributed by atoms with Crippen LogP contribution in [0.1, 0.15) is 63.1 Å². The van der Waals surface area contributed by atoms with Crippen LogP contribution in [0.25, 0.3) is 0 Å². The summed E-state index contributed by atoms with van der Waals surface area (Å²) >= 11 is 0. The van der Waals surface area contributed by atoms with E-state index in [-0.39, 0.29) is 5.78 Å². The Morgan fingerprint density at radius 2 is 2.05 bits per heavy atom. The molecule has 0 spiro atoms. The van der Waals surface area contributed by atoms with Crippen molar-refractivity contribution < 1.29 is 9.32 Å². The summed E-state index contributed by atoms with van der Waals surface area (Å²) in [5.74, 6) is 1.90. The average Bonchev–Trinajstić information content (AvgIpc) is 2.92. The zero-order valence-corrected chi connectivity index (χ0v) is 12.3. The van der Waals surface area contributed by atoms with Crippen LogP contribution in [0.2, 0.25) is 0 Å². The van der Waals surface area contributed by atoms with Gasteiger partial charge < -0.3 is 9.42 Å². The number of piperidine rings is 1. The van der Waals surface area contributed by atoms with Crippen LogP contribution in [0.15, 0.2) is 4.52 Å². The van der Waals surface area contributed by atoms with E-state index in [0.29, 0.717) is 36.7 Å². The lowest BCUT2D eigenvalue weighted by molar-refractivity contribution is -0.118. The first-order valence-corrected chi connectivity index (χ1v) is 7.73. The minimum Gasteiger partial charge on any atom is -0.339 e. The van der Waals surface area contributed by atoms with Crippen LogP contribution < -0.4 is 0 Å². The number of ketones is 1. The van der Waals surface area contributed by atoms with Gasteiger partial charge in [-0.15, -0.1) is 0 Å². The molecule has 0 aliphatic carbocycles. The first-order valence-electron chi connectivity index (χ1n) is 7.73. The highest BCUT2D eigenvalue weighted by atomic mass is 16.5. The minimum absolute atomic E-state index is 0.186. The molecular formula is C15H23N3O2. The molecule has 3 heterocycles. The van der Waals surface area contributed by atoms with Crippen LogP contribution in [-0.2, 0) is 11.2 Å². The van der Waals surface area contributed by atoms with Gasteiger partial charge in [0.25, 0.3) is 0 Å². The Balaban J connectivity index is 1.64. The molecule has 0 N–H and O–H groups in total. The van der Waals surface area contributed by atoms with E-state index in [9.17, 15) is 4.79 Å². The molecule has 5 nitrogen and oxygen atoms in total. The van der Waals surface area contributed by atoms with Gasteiger partial charge in [-0.05, 0) is 39.2 Å². The molecule has 2 saturated heterocycles. The van der Waals surface area contributed by atoms with Gasteiger partial charge in [-0.1, -0.05) is 12.1 Å². The lowest BCUT2D eigenvalue weighted by Crippen LogP contribution is -2.39. The molecule has 0 aromatic carbocycles. The third-order valence-electron chi connectivity index (χ3n) is 4.82. The first kappa shape index (κ1) is 13.7. The van der Waals surface area contributed by atoms with E-state index in [1.54, 1.807) is 0 Å². The highest BCUT2D eigenvalue weighted by Gasteiger charge is 2.40. The molecular weight excluding hydrogens is 254 g/mol. The number of hydrogen-bond acceptors (Lipinski definition) is 5. The topological polar surface area (TPSA) is 59.2 Å². The van der Waals surface area contributed by atoms with Gasteiger partial charge >= 0.3 is 0 Å². The Hall–Kier alpha value is -1.23. The summed E-state index contributed by atoms with van der Waals surface area (Å²) in [5.41, 5.74) is 0. The molecule has 110 valence electrons. The number of aromatic nitrogens is 2. The van der Waals surface area contributed by atoms with Crippen molar-refractivity contribution in [2.24, 2.45) is 0 Å². The van der Waals surface area contributed by atoms with Crippen LogP contribution in [0, 0.1) is 0 Å². The lowest BCUT2D eigenvalue weighted by atomic mass is 9.90. The van der Waals surface area contributed by atoms with Gasteiger partial charge in [0.2, 0.25) is 5.89 Å². The minimum atomic E-state index is 0.186. The second-order valence-corrected chi connectivity index (χ2v) is 6.23. The van der Waals surface area contributed by atoms with E-state index in [1.807, 2.05) is 6.92 Å². The van der Waals surface area contributed by atoms with Crippen molar-refractivity contribution in [3.05, 3.63) is 11.7 Å². The maximum absolute atomic E-state index is 11.6. The van der Waals surface area contributed by atoms with Crippen molar-refractivity contribution in [2.45, 2.75) is 69.9 Å². The number of fused-ring (bicyclic) bond motifs is 2. The fourth-order valence-corrected chi connectivity index (χ4v) is 3.66. The zero-order chi connectivity index (χ0) is 14.1. The van der Waals surface area contributed by atoms with Crippen molar-refractivity contribution in [2.75, 3.05) is 7.05 Å². The fourth-order valence-electron chi connectivity index (χ4n) is 3.66. The average molecular weight is 277 g/mol. The van der Waals surface area contributed by atoms with Crippen molar-refractivity contribution in [3.63, 3.8) is 0 Å². The third-order valence-corrected chi connectivity index (χ3v) is 4.82. The van der Waals surface area contributed by atoms with Gasteiger partial charge in [-0.3, -0.25) is 4.79 Å². The molecule has 2 fully saturated rings. The molecule has 2 aliphatic rings. The molecule has 2 aliphatic heterocycles. The molecule has 0 saturated carbocycles. The van der Waals surface area contributed by atoms with Gasteiger partial charge in [-0.2, -0.15) is 4.98 Å². The normalized spacial score (nSPS) is 29.8. The van der Waals surface area contributed by atoms with E-state index < -0.39 is 0 Å². The molecule has 2 bridgehead atoms. The standard InChI is InChI=1S/C15H23N3O2/c1-3-4-13(19)9-14-16-15(17-20-14)10-7-11-5-6-12(8-10)18(11)2/h10-12H,3-9H2,1-2H3. The zero-order valence-electron chi connectivity index (χ0n) is 12.3. The Morgan fingerprint density at radius 1 is 1.35 bits per heavy atom. The summed E-state index contributed by atoms with van der Waals surface area (Å²) in [4.78, 5) is 18.6. The van der Waals surface area contributed by atoms with E-state index in [4.69, 9.17) is 4.52 Å². The van der Waals surface area contributed by atoms with Gasteiger partial charge in [0, 0.05) is 24.4 Å². The van der Waals surface area contributed by atoms with Gasteiger partial charge in [0.15, 0.2) is 5.82 Å². The largest absolute Gasteiger partial charge is 0.339 e. The highest BCUT2D eigenvalue weighted by molar-refractivity contribution is 5.79. The number of carbonyl (C=O) groups is 1. The molecule has 2 atom stereocenters. The monoisotopic (exact) mass is 277 g/mol. The lowest BCUT2D eigenvalue weighted by Gasteiger charge is -2.34. The SMILES string of the molecule is CCCC(=O)Cc1nc(C2CC3CCC(C2)N3C)no1. The van der Waals surface area contributed by atoms with Gasteiger partial charge in [0.1, 0.15) is 5.78 Å². The van der Waals surface area contributed by atoms with Crippen LogP contribution in [-0.4, -0.2) is 40.0 Å². The first-order chi connectivity index (χ1) is 9.67. The molecule has 2 unspecified atom stereocenters. The number of nitrogens with zero attached hydrogens (tertiary/aromatic N) is 3. The van der Waals surface area contributed by atoms with E-state index in [1.165, 1.54) is 12.8 Å². The van der Waals surface area contributed by atoms with Crippen LogP contribution in [0.3, 0.4) is 0 Å². The third kappa shape index (κ3) is 2.64. The van der Waals surface area contributed by atoms with E-state index >= 15 is 0 Å². The Bertz CT molecular complexity index is 471. The number of carbonyl (C=O) groups excluding carboxylic acids is 1. The van der Waals surface area contributed by atoms with Crippen LogP contribution >= 0.6 is 0 Å². The van der Waals surface area contributed by atoms with Crippen molar-refractivity contribution >= 4 is 5.78 Å². The molecule has 0 amide bonds. The highest BCUT2D eigenvalue weighted by Crippen LogP contribution is 2.41. The molecule has 5 heteroatoms. The van der Waals surface area contributed by atoms with Crippen molar-refractivity contribution in [1.29, 1.82) is 0 Å².